The molecule has 8 heteroatoms. The van der Waals surface area contributed by atoms with Crippen molar-refractivity contribution in [2.75, 3.05) is 52.6 Å². The van der Waals surface area contributed by atoms with Gasteiger partial charge in [-0.25, -0.2) is 13.1 Å². The van der Waals surface area contributed by atoms with Crippen LogP contribution in [0.1, 0.15) is 20.3 Å². The number of hydrogen-bond donors (Lipinski definition) is 2. The zero-order chi connectivity index (χ0) is 15.9. The van der Waals surface area contributed by atoms with Crippen LogP contribution in [0.5, 0.6) is 0 Å². The van der Waals surface area contributed by atoms with Crippen molar-refractivity contribution < 1.29 is 8.42 Å². The van der Waals surface area contributed by atoms with Gasteiger partial charge in [-0.3, -0.25) is 9.89 Å². The molecule has 7 nitrogen and oxygen atoms in total. The summed E-state index contributed by atoms with van der Waals surface area (Å²) in [5.74, 6) is 0.847. The molecule has 1 unspecified atom stereocenters. The number of hydrogen-bond acceptors (Lipinski definition) is 4. The Morgan fingerprint density at radius 3 is 2.52 bits per heavy atom. The largest absolute Gasteiger partial charge is 0.355 e. The Labute approximate surface area is 128 Å². The summed E-state index contributed by atoms with van der Waals surface area (Å²) < 4.78 is 24.5. The van der Waals surface area contributed by atoms with Crippen LogP contribution in [0, 0.1) is 0 Å². The van der Waals surface area contributed by atoms with E-state index in [2.05, 4.69) is 38.7 Å². The van der Waals surface area contributed by atoms with Crippen molar-refractivity contribution in [3.05, 3.63) is 0 Å². The van der Waals surface area contributed by atoms with Gasteiger partial charge in [-0.2, -0.15) is 0 Å². The van der Waals surface area contributed by atoms with Gasteiger partial charge in [0.05, 0.1) is 6.26 Å². The van der Waals surface area contributed by atoms with E-state index in [0.717, 1.165) is 44.8 Å². The third-order valence-electron chi connectivity index (χ3n) is 3.78. The molecule has 0 aromatic heterocycles. The molecule has 0 aromatic carbocycles. The lowest BCUT2D eigenvalue weighted by molar-refractivity contribution is 0.223. The van der Waals surface area contributed by atoms with Crippen LogP contribution >= 0.6 is 0 Å². The van der Waals surface area contributed by atoms with E-state index in [1.165, 1.54) is 0 Å². The molecule has 0 saturated carbocycles. The van der Waals surface area contributed by atoms with Gasteiger partial charge in [0.25, 0.3) is 0 Å². The minimum atomic E-state index is -3.12. The van der Waals surface area contributed by atoms with Crippen molar-refractivity contribution in [1.82, 2.24) is 19.8 Å². The summed E-state index contributed by atoms with van der Waals surface area (Å²) in [5, 5.41) is 3.21. The molecule has 1 aliphatic heterocycles. The molecule has 1 fully saturated rings. The fourth-order valence-electron chi connectivity index (χ4n) is 2.72. The van der Waals surface area contributed by atoms with Gasteiger partial charge in [0, 0.05) is 39.3 Å². The Hall–Kier alpha value is -0.860. The zero-order valence-corrected chi connectivity index (χ0v) is 14.4. The Balaban J connectivity index is 2.41. The Morgan fingerprint density at radius 2 is 2.00 bits per heavy atom. The number of nitrogens with one attached hydrogen (secondary N) is 2. The molecule has 1 atom stereocenters. The second-order valence-corrected chi connectivity index (χ2v) is 7.08. The van der Waals surface area contributed by atoms with Crippen LogP contribution in [-0.4, -0.2) is 82.8 Å². The quantitative estimate of drug-likeness (QED) is 0.377. The molecule has 1 aliphatic rings. The maximum Gasteiger partial charge on any atom is 0.208 e. The normalized spacial score (nSPS) is 20.3. The van der Waals surface area contributed by atoms with Crippen LogP contribution < -0.4 is 10.0 Å². The number of aliphatic imine (C=N–C) groups is 1. The average molecular weight is 319 g/mol. The number of guanidine groups is 1. The van der Waals surface area contributed by atoms with Crippen molar-refractivity contribution in [3.8, 4) is 0 Å². The van der Waals surface area contributed by atoms with Crippen molar-refractivity contribution in [3.63, 3.8) is 0 Å². The second-order valence-electron chi connectivity index (χ2n) is 5.25. The highest BCUT2D eigenvalue weighted by Crippen LogP contribution is 2.15. The number of nitrogens with zero attached hydrogens (tertiary/aromatic N) is 3. The first-order valence-electron chi connectivity index (χ1n) is 7.55. The summed E-state index contributed by atoms with van der Waals surface area (Å²) in [4.78, 5) is 9.00. The number of likely N-dealkylation sites (tertiary alicyclic amines) is 1. The first kappa shape index (κ1) is 18.2. The topological polar surface area (TPSA) is 77.0 Å². The van der Waals surface area contributed by atoms with Crippen molar-refractivity contribution in [1.29, 1.82) is 0 Å². The van der Waals surface area contributed by atoms with Crippen LogP contribution in [0.2, 0.25) is 0 Å². The molecule has 0 radical (unpaired) electrons. The minimum Gasteiger partial charge on any atom is -0.355 e. The highest BCUT2D eigenvalue weighted by atomic mass is 32.2. The first-order chi connectivity index (χ1) is 9.91. The van der Waals surface area contributed by atoms with Gasteiger partial charge in [-0.05, 0) is 19.5 Å². The van der Waals surface area contributed by atoms with Crippen LogP contribution in [0.3, 0.4) is 0 Å². The van der Waals surface area contributed by atoms with E-state index >= 15 is 0 Å². The molecule has 1 rings (SSSR count). The van der Waals surface area contributed by atoms with E-state index < -0.39 is 10.0 Å². The van der Waals surface area contributed by atoms with Crippen molar-refractivity contribution in [2.24, 2.45) is 4.99 Å². The van der Waals surface area contributed by atoms with Gasteiger partial charge < -0.3 is 10.2 Å². The van der Waals surface area contributed by atoms with E-state index in [4.69, 9.17) is 0 Å². The molecular formula is C13H29N5O2S. The number of sulfonamides is 1. The highest BCUT2D eigenvalue weighted by Gasteiger charge is 2.27. The monoisotopic (exact) mass is 319 g/mol. The van der Waals surface area contributed by atoms with Gasteiger partial charge in [-0.15, -0.1) is 0 Å². The van der Waals surface area contributed by atoms with Gasteiger partial charge in [0.1, 0.15) is 0 Å². The third kappa shape index (κ3) is 6.19. The van der Waals surface area contributed by atoms with Crippen molar-refractivity contribution >= 4 is 16.0 Å². The van der Waals surface area contributed by atoms with Gasteiger partial charge in [0.15, 0.2) is 5.96 Å². The molecular weight excluding hydrogens is 290 g/mol. The number of rotatable bonds is 7. The van der Waals surface area contributed by atoms with Crippen LogP contribution in [-0.2, 0) is 10.0 Å². The molecule has 2 N–H and O–H groups in total. The summed E-state index contributed by atoms with van der Waals surface area (Å²) >= 11 is 0. The first-order valence-corrected chi connectivity index (χ1v) is 9.44. The molecule has 0 aromatic rings. The standard InChI is InChI=1S/C13H29N5O2S/c1-5-17(6-2)12-7-10-18(11-12)13(14-3)15-8-9-16-21(4,19)20/h12,16H,5-11H2,1-4H3,(H,14,15). The SMILES string of the molecule is CCN(CC)C1CCN(C(=NC)NCCNS(C)(=O)=O)C1. The zero-order valence-electron chi connectivity index (χ0n) is 13.6. The fraction of sp³-hybridized carbons (Fsp3) is 0.923. The van der Waals surface area contributed by atoms with E-state index in [0.29, 0.717) is 19.1 Å². The van der Waals surface area contributed by atoms with E-state index in [-0.39, 0.29) is 0 Å². The van der Waals surface area contributed by atoms with Gasteiger partial charge in [-0.1, -0.05) is 13.8 Å². The lowest BCUT2D eigenvalue weighted by Crippen LogP contribution is -2.45. The number of likely N-dealkylation sites (N-methyl/N-ethyl adjacent to an activating group) is 1. The molecule has 0 aliphatic carbocycles. The summed E-state index contributed by atoms with van der Waals surface area (Å²) in [6, 6.07) is 0.577. The summed E-state index contributed by atoms with van der Waals surface area (Å²) in [6.45, 7) is 9.38. The molecule has 0 bridgehead atoms. The van der Waals surface area contributed by atoms with E-state index in [9.17, 15) is 8.42 Å². The predicted octanol–water partition coefficient (Wildman–Crippen LogP) is -0.473. The van der Waals surface area contributed by atoms with Crippen LogP contribution in [0.15, 0.2) is 4.99 Å². The van der Waals surface area contributed by atoms with Gasteiger partial charge in [0.2, 0.25) is 10.0 Å². The predicted molar refractivity (Wildman–Crippen MR) is 87.1 cm³/mol. The molecule has 0 amide bonds. The lowest BCUT2D eigenvalue weighted by Gasteiger charge is -2.27. The lowest BCUT2D eigenvalue weighted by atomic mass is 10.2. The molecule has 124 valence electrons. The second kappa shape index (κ2) is 8.55. The van der Waals surface area contributed by atoms with Gasteiger partial charge >= 0.3 is 0 Å². The minimum absolute atomic E-state index is 0.366. The van der Waals surface area contributed by atoms with E-state index in [1.54, 1.807) is 7.05 Å². The fourth-order valence-corrected chi connectivity index (χ4v) is 3.19. The smallest absolute Gasteiger partial charge is 0.208 e. The molecule has 21 heavy (non-hydrogen) atoms. The van der Waals surface area contributed by atoms with Crippen LogP contribution in [0.25, 0.3) is 0 Å². The third-order valence-corrected chi connectivity index (χ3v) is 4.50. The van der Waals surface area contributed by atoms with Crippen LogP contribution in [0.4, 0.5) is 0 Å². The summed E-state index contributed by atoms with van der Waals surface area (Å²) in [5.41, 5.74) is 0. The molecule has 1 saturated heterocycles. The maximum absolute atomic E-state index is 11.0. The van der Waals surface area contributed by atoms with Crippen molar-refractivity contribution in [2.45, 2.75) is 26.3 Å². The Bertz CT molecular complexity index is 434. The average Bonchev–Trinajstić information content (AvgIpc) is 2.88. The summed E-state index contributed by atoms with van der Waals surface area (Å²) in [6.07, 6.45) is 2.31. The van der Waals surface area contributed by atoms with E-state index in [1.807, 2.05) is 0 Å². The molecule has 1 heterocycles. The highest BCUT2D eigenvalue weighted by molar-refractivity contribution is 7.88. The molecule has 0 spiro atoms. The Kier molecular flexibility index (Phi) is 7.41. The maximum atomic E-state index is 11.0. The Morgan fingerprint density at radius 1 is 1.33 bits per heavy atom. The summed E-state index contributed by atoms with van der Waals surface area (Å²) in [7, 11) is -1.36.